The van der Waals surface area contributed by atoms with E-state index in [1.165, 1.54) is 11.1 Å². The van der Waals surface area contributed by atoms with Crippen molar-refractivity contribution in [2.24, 2.45) is 0 Å². The molecule has 0 aromatic heterocycles. The third-order valence-electron chi connectivity index (χ3n) is 1.76. The van der Waals surface area contributed by atoms with Gasteiger partial charge >= 0.3 is 5.37 Å². The maximum Gasteiger partial charge on any atom is 0.313 e. The molecule has 0 saturated heterocycles. The molecule has 0 aliphatic heterocycles. The minimum absolute atomic E-state index is 0.493. The molecule has 1 rings (SSSR count). The Labute approximate surface area is 82.9 Å². The lowest BCUT2D eigenvalue weighted by atomic mass is 10.1. The predicted octanol–water partition coefficient (Wildman–Crippen LogP) is 2.49. The zero-order valence-corrected chi connectivity index (χ0v) is 8.27. The molecule has 0 saturated carbocycles. The minimum Gasteiger partial charge on any atom is -0.342 e. The molecular weight excluding hydrogens is 186 g/mol. The van der Waals surface area contributed by atoms with Crippen LogP contribution >= 0.6 is 11.6 Å². The van der Waals surface area contributed by atoms with E-state index in [9.17, 15) is 4.79 Å². The van der Waals surface area contributed by atoms with Crippen LogP contribution in [0.1, 0.15) is 11.1 Å². The van der Waals surface area contributed by atoms with E-state index in [1.54, 1.807) is 0 Å². The highest BCUT2D eigenvalue weighted by Gasteiger charge is 1.95. The van der Waals surface area contributed by atoms with Crippen LogP contribution in [-0.4, -0.2) is 11.9 Å². The summed E-state index contributed by atoms with van der Waals surface area (Å²) in [5.41, 5.74) is 2.44. The number of hydrogen-bond donors (Lipinski definition) is 1. The summed E-state index contributed by atoms with van der Waals surface area (Å²) in [5.74, 6) is 0. The summed E-state index contributed by atoms with van der Waals surface area (Å²) < 4.78 is 0. The van der Waals surface area contributed by atoms with E-state index in [4.69, 9.17) is 11.6 Å². The Morgan fingerprint density at radius 3 is 2.92 bits per heavy atom. The topological polar surface area (TPSA) is 29.1 Å². The van der Waals surface area contributed by atoms with Crippen LogP contribution in [0, 0.1) is 6.92 Å². The highest BCUT2D eigenvalue weighted by atomic mass is 35.5. The van der Waals surface area contributed by atoms with Gasteiger partial charge in [-0.1, -0.05) is 29.8 Å². The number of rotatable bonds is 3. The fourth-order valence-corrected chi connectivity index (χ4v) is 1.27. The summed E-state index contributed by atoms with van der Waals surface area (Å²) in [4.78, 5) is 10.4. The van der Waals surface area contributed by atoms with Gasteiger partial charge in [-0.3, -0.25) is 4.79 Å². The monoisotopic (exact) mass is 197 g/mol. The van der Waals surface area contributed by atoms with Gasteiger partial charge in [0.1, 0.15) is 0 Å². The average molecular weight is 198 g/mol. The smallest absolute Gasteiger partial charge is 0.313 e. The van der Waals surface area contributed by atoms with Crippen LogP contribution in [0.5, 0.6) is 0 Å². The number of nitrogens with one attached hydrogen (secondary N) is 1. The fraction of sp³-hybridized carbons (Fsp3) is 0.300. The molecule has 1 N–H and O–H groups in total. The Hall–Kier alpha value is -1.02. The van der Waals surface area contributed by atoms with Gasteiger partial charge in [0.25, 0.3) is 0 Å². The number of halogens is 1. The summed E-state index contributed by atoms with van der Waals surface area (Å²) in [5, 5.41) is 2.05. The summed E-state index contributed by atoms with van der Waals surface area (Å²) in [6, 6.07) is 8.19. The molecule has 0 aliphatic rings. The van der Waals surface area contributed by atoms with Crippen molar-refractivity contribution in [2.45, 2.75) is 13.3 Å². The van der Waals surface area contributed by atoms with Crippen molar-refractivity contribution in [3.63, 3.8) is 0 Å². The fourth-order valence-electron chi connectivity index (χ4n) is 1.17. The molecule has 70 valence electrons. The van der Waals surface area contributed by atoms with Gasteiger partial charge in [0, 0.05) is 6.54 Å². The van der Waals surface area contributed by atoms with Crippen molar-refractivity contribution < 1.29 is 4.79 Å². The number of hydrogen-bond acceptors (Lipinski definition) is 1. The predicted molar refractivity (Wildman–Crippen MR) is 54.1 cm³/mol. The van der Waals surface area contributed by atoms with E-state index in [0.29, 0.717) is 6.54 Å². The Morgan fingerprint density at radius 2 is 2.31 bits per heavy atom. The second-order valence-corrected chi connectivity index (χ2v) is 3.28. The van der Waals surface area contributed by atoms with E-state index >= 15 is 0 Å². The van der Waals surface area contributed by atoms with Crippen molar-refractivity contribution in [1.29, 1.82) is 0 Å². The lowest BCUT2D eigenvalue weighted by molar-refractivity contribution is 0.260. The summed E-state index contributed by atoms with van der Waals surface area (Å²) in [7, 11) is 0. The quantitative estimate of drug-likeness (QED) is 0.586. The summed E-state index contributed by atoms with van der Waals surface area (Å²) >= 11 is 5.13. The molecule has 2 nitrogen and oxygen atoms in total. The van der Waals surface area contributed by atoms with Crippen LogP contribution in [0.2, 0.25) is 0 Å². The normalized spacial score (nSPS) is 9.69. The van der Waals surface area contributed by atoms with Gasteiger partial charge in [-0.25, -0.2) is 0 Å². The zero-order chi connectivity index (χ0) is 9.68. The molecule has 0 bridgehead atoms. The Morgan fingerprint density at radius 1 is 1.54 bits per heavy atom. The molecule has 0 fully saturated rings. The van der Waals surface area contributed by atoms with Gasteiger partial charge in [-0.15, -0.1) is 0 Å². The molecule has 1 aromatic rings. The Bertz CT molecular complexity index is 299. The second-order valence-electron chi connectivity index (χ2n) is 2.94. The van der Waals surface area contributed by atoms with Crippen molar-refractivity contribution in [3.8, 4) is 0 Å². The molecule has 0 aliphatic carbocycles. The molecule has 13 heavy (non-hydrogen) atoms. The van der Waals surface area contributed by atoms with E-state index in [-0.39, 0.29) is 0 Å². The van der Waals surface area contributed by atoms with Crippen LogP contribution < -0.4 is 5.32 Å². The Balaban J connectivity index is 2.41. The molecule has 0 unspecified atom stereocenters. The molecule has 3 heteroatoms. The van der Waals surface area contributed by atoms with Gasteiger partial charge in [-0.2, -0.15) is 0 Å². The molecule has 1 amide bonds. The second kappa shape index (κ2) is 4.87. The molecule has 1 aromatic carbocycles. The van der Waals surface area contributed by atoms with E-state index in [1.807, 2.05) is 25.1 Å². The summed E-state index contributed by atoms with van der Waals surface area (Å²) in [6.07, 6.45) is 0.820. The first-order chi connectivity index (χ1) is 6.18. The standard InChI is InChI=1S/C10H12ClNO/c1-8-3-2-4-9(7-8)5-6-12-10(11)13/h2-4,7H,5-6H2,1H3,(H,12,13). The number of aryl methyl sites for hydroxylation is 1. The summed E-state index contributed by atoms with van der Waals surface area (Å²) in [6.45, 7) is 2.63. The van der Waals surface area contributed by atoms with Crippen LogP contribution in [0.3, 0.4) is 0 Å². The number of carbonyl (C=O) groups is 1. The molecule has 0 atom stereocenters. The molecule has 0 radical (unpaired) electrons. The third-order valence-corrected chi connectivity index (χ3v) is 1.89. The van der Waals surface area contributed by atoms with Gasteiger partial charge in [0.05, 0.1) is 0 Å². The zero-order valence-electron chi connectivity index (χ0n) is 7.51. The first kappa shape index (κ1) is 10.1. The first-order valence-corrected chi connectivity index (χ1v) is 4.55. The van der Waals surface area contributed by atoms with Crippen LogP contribution in [0.25, 0.3) is 0 Å². The van der Waals surface area contributed by atoms with Crippen LogP contribution in [0.15, 0.2) is 24.3 Å². The maximum atomic E-state index is 10.4. The highest BCUT2D eigenvalue weighted by Crippen LogP contribution is 2.03. The van der Waals surface area contributed by atoms with Gasteiger partial charge in [0.2, 0.25) is 0 Å². The third kappa shape index (κ3) is 3.95. The van der Waals surface area contributed by atoms with Gasteiger partial charge in [-0.05, 0) is 30.5 Å². The van der Waals surface area contributed by atoms with Gasteiger partial charge < -0.3 is 5.32 Å². The van der Waals surface area contributed by atoms with Crippen LogP contribution in [-0.2, 0) is 6.42 Å². The molecule has 0 spiro atoms. The van der Waals surface area contributed by atoms with Crippen molar-refractivity contribution in [3.05, 3.63) is 35.4 Å². The van der Waals surface area contributed by atoms with Gasteiger partial charge in [0.15, 0.2) is 0 Å². The average Bonchev–Trinajstić information content (AvgIpc) is 2.03. The lowest BCUT2D eigenvalue weighted by Gasteiger charge is -2.02. The molecule has 0 heterocycles. The SMILES string of the molecule is Cc1cccc(CCNC(=O)Cl)c1. The van der Waals surface area contributed by atoms with Crippen molar-refractivity contribution in [2.75, 3.05) is 6.54 Å². The largest absolute Gasteiger partial charge is 0.342 e. The minimum atomic E-state index is -0.493. The van der Waals surface area contributed by atoms with E-state index in [0.717, 1.165) is 6.42 Å². The Kier molecular flexibility index (Phi) is 3.77. The van der Waals surface area contributed by atoms with Crippen molar-refractivity contribution in [1.82, 2.24) is 5.32 Å². The maximum absolute atomic E-state index is 10.4. The van der Waals surface area contributed by atoms with Crippen molar-refractivity contribution >= 4 is 17.0 Å². The lowest BCUT2D eigenvalue weighted by Crippen LogP contribution is -2.19. The number of carbonyl (C=O) groups excluding carboxylic acids is 1. The highest BCUT2D eigenvalue weighted by molar-refractivity contribution is 6.62. The van der Waals surface area contributed by atoms with Crippen LogP contribution in [0.4, 0.5) is 4.79 Å². The molecular formula is C10H12ClNO. The van der Waals surface area contributed by atoms with E-state index < -0.39 is 5.37 Å². The first-order valence-electron chi connectivity index (χ1n) is 4.17. The number of benzene rings is 1. The van der Waals surface area contributed by atoms with E-state index in [2.05, 4.69) is 11.4 Å². The number of amides is 1.